The quantitative estimate of drug-likeness (QED) is 0.679. The van der Waals surface area contributed by atoms with Gasteiger partial charge in [-0.15, -0.1) is 0 Å². The van der Waals surface area contributed by atoms with Crippen molar-refractivity contribution in [1.82, 2.24) is 4.98 Å². The molecule has 1 rings (SSSR count). The zero-order valence-electron chi connectivity index (χ0n) is 6.16. The van der Waals surface area contributed by atoms with Crippen LogP contribution in [-0.4, -0.2) is 4.98 Å². The Bertz CT molecular complexity index is 254. The summed E-state index contributed by atoms with van der Waals surface area (Å²) in [5.41, 5.74) is 1.05. The molecule has 1 aromatic heterocycles. The minimum atomic E-state index is 0.980. The van der Waals surface area contributed by atoms with Gasteiger partial charge in [-0.2, -0.15) is 0 Å². The minimum absolute atomic E-state index is 0.980. The van der Waals surface area contributed by atoms with Gasteiger partial charge in [0.1, 0.15) is 0 Å². The number of rotatable bonds is 3. The molecule has 0 saturated carbocycles. The summed E-state index contributed by atoms with van der Waals surface area (Å²) in [4.78, 5) is 4.96. The van der Waals surface area contributed by atoms with Crippen molar-refractivity contribution in [3.63, 3.8) is 0 Å². The standard InChI is InChI=1S/C9H9NS/c1-3-11-8(2)9-5-4-6-10-7-9/h3-7H,1-2H2. The van der Waals surface area contributed by atoms with E-state index in [1.54, 1.807) is 17.8 Å². The maximum atomic E-state index is 3.98. The monoisotopic (exact) mass is 163 g/mol. The van der Waals surface area contributed by atoms with Crippen molar-refractivity contribution in [1.29, 1.82) is 0 Å². The average Bonchev–Trinajstić information content (AvgIpc) is 2.07. The van der Waals surface area contributed by atoms with Crippen LogP contribution in [0.25, 0.3) is 4.91 Å². The van der Waals surface area contributed by atoms with Crippen molar-refractivity contribution >= 4 is 16.7 Å². The summed E-state index contributed by atoms with van der Waals surface area (Å²) in [5.74, 6) is 0. The molecule has 11 heavy (non-hydrogen) atoms. The molecule has 0 aliphatic rings. The fourth-order valence-electron chi connectivity index (χ4n) is 0.696. The highest BCUT2D eigenvalue weighted by atomic mass is 32.2. The van der Waals surface area contributed by atoms with Crippen LogP contribution in [-0.2, 0) is 0 Å². The van der Waals surface area contributed by atoms with Gasteiger partial charge in [-0.05, 0) is 11.5 Å². The molecule has 0 bridgehead atoms. The van der Waals surface area contributed by atoms with Gasteiger partial charge in [-0.25, -0.2) is 0 Å². The lowest BCUT2D eigenvalue weighted by Gasteiger charge is -1.98. The van der Waals surface area contributed by atoms with Crippen molar-refractivity contribution in [3.8, 4) is 0 Å². The van der Waals surface area contributed by atoms with Crippen LogP contribution < -0.4 is 0 Å². The molecule has 0 aliphatic carbocycles. The fourth-order valence-corrected chi connectivity index (χ4v) is 1.15. The van der Waals surface area contributed by atoms with Crippen LogP contribution in [0, 0.1) is 0 Å². The summed E-state index contributed by atoms with van der Waals surface area (Å²) >= 11 is 1.51. The van der Waals surface area contributed by atoms with Crippen molar-refractivity contribution in [2.24, 2.45) is 0 Å². The zero-order valence-corrected chi connectivity index (χ0v) is 6.97. The van der Waals surface area contributed by atoms with Crippen molar-refractivity contribution in [2.75, 3.05) is 0 Å². The minimum Gasteiger partial charge on any atom is -0.264 e. The van der Waals surface area contributed by atoms with Crippen LogP contribution >= 0.6 is 11.8 Å². The lowest BCUT2D eigenvalue weighted by Crippen LogP contribution is -1.77. The molecule has 1 heterocycles. The average molecular weight is 163 g/mol. The summed E-state index contributed by atoms with van der Waals surface area (Å²) in [6, 6.07) is 3.87. The summed E-state index contributed by atoms with van der Waals surface area (Å²) in [7, 11) is 0. The molecule has 0 fully saturated rings. The third-order valence-corrected chi connectivity index (χ3v) is 1.90. The number of nitrogens with zero attached hydrogens (tertiary/aromatic N) is 1. The molecule has 0 unspecified atom stereocenters. The predicted molar refractivity (Wildman–Crippen MR) is 51.1 cm³/mol. The Morgan fingerprint density at radius 3 is 3.00 bits per heavy atom. The smallest absolute Gasteiger partial charge is 0.0351 e. The first kappa shape index (κ1) is 8.08. The highest BCUT2D eigenvalue weighted by Gasteiger charge is 1.94. The number of aromatic nitrogens is 1. The SMILES string of the molecule is C=CSC(=C)c1cccnc1. The molecule has 0 spiro atoms. The molecular weight excluding hydrogens is 154 g/mol. The first-order valence-corrected chi connectivity index (χ1v) is 4.09. The van der Waals surface area contributed by atoms with Gasteiger partial charge in [-0.1, -0.05) is 31.0 Å². The normalized spacial score (nSPS) is 9.09. The summed E-state index contributed by atoms with van der Waals surface area (Å²) < 4.78 is 0. The Hall–Kier alpha value is -1.02. The predicted octanol–water partition coefficient (Wildman–Crippen LogP) is 2.93. The number of thioether (sulfide) groups is 1. The number of hydrogen-bond donors (Lipinski definition) is 0. The highest BCUT2D eigenvalue weighted by molar-refractivity contribution is 8.10. The molecule has 0 N–H and O–H groups in total. The van der Waals surface area contributed by atoms with E-state index in [0.717, 1.165) is 10.5 Å². The second kappa shape index (κ2) is 3.98. The van der Waals surface area contributed by atoms with Gasteiger partial charge in [0.2, 0.25) is 0 Å². The largest absolute Gasteiger partial charge is 0.264 e. The first-order valence-electron chi connectivity index (χ1n) is 3.21. The maximum Gasteiger partial charge on any atom is 0.0351 e. The van der Waals surface area contributed by atoms with E-state index in [9.17, 15) is 0 Å². The topological polar surface area (TPSA) is 12.9 Å². The van der Waals surface area contributed by atoms with E-state index in [1.165, 1.54) is 11.8 Å². The van der Waals surface area contributed by atoms with Crippen LogP contribution in [0.5, 0.6) is 0 Å². The van der Waals surface area contributed by atoms with Crippen LogP contribution in [0.1, 0.15) is 5.56 Å². The van der Waals surface area contributed by atoms with E-state index in [0.29, 0.717) is 0 Å². The molecule has 0 radical (unpaired) electrons. The Kier molecular flexibility index (Phi) is 2.93. The molecule has 1 nitrogen and oxygen atoms in total. The molecule has 56 valence electrons. The molecule has 1 aromatic rings. The van der Waals surface area contributed by atoms with E-state index in [1.807, 2.05) is 12.1 Å². The Labute approximate surface area is 70.9 Å². The molecule has 0 aromatic carbocycles. The molecular formula is C9H9NS. The molecule has 0 saturated heterocycles. The van der Waals surface area contributed by atoms with E-state index in [2.05, 4.69) is 18.1 Å². The second-order valence-corrected chi connectivity index (χ2v) is 3.01. The lowest BCUT2D eigenvalue weighted by molar-refractivity contribution is 1.32. The Balaban J connectivity index is 2.77. The van der Waals surface area contributed by atoms with Crippen molar-refractivity contribution in [3.05, 3.63) is 48.7 Å². The van der Waals surface area contributed by atoms with Crippen LogP contribution in [0.15, 0.2) is 43.1 Å². The molecule has 0 amide bonds. The summed E-state index contributed by atoms with van der Waals surface area (Å²) in [6.45, 7) is 7.47. The van der Waals surface area contributed by atoms with Gasteiger partial charge in [0.05, 0.1) is 0 Å². The van der Waals surface area contributed by atoms with E-state index in [-0.39, 0.29) is 0 Å². The second-order valence-electron chi connectivity index (χ2n) is 1.95. The van der Waals surface area contributed by atoms with E-state index in [4.69, 9.17) is 0 Å². The van der Waals surface area contributed by atoms with Gasteiger partial charge in [0.25, 0.3) is 0 Å². The Morgan fingerprint density at radius 2 is 2.45 bits per heavy atom. The summed E-state index contributed by atoms with van der Waals surface area (Å²) in [6.07, 6.45) is 3.54. The van der Waals surface area contributed by atoms with Gasteiger partial charge in [0, 0.05) is 22.9 Å². The zero-order chi connectivity index (χ0) is 8.10. The van der Waals surface area contributed by atoms with Gasteiger partial charge in [-0.3, -0.25) is 4.98 Å². The summed E-state index contributed by atoms with van der Waals surface area (Å²) in [5, 5.41) is 1.76. The molecule has 0 aliphatic heterocycles. The number of hydrogen-bond acceptors (Lipinski definition) is 2. The Morgan fingerprint density at radius 1 is 1.64 bits per heavy atom. The van der Waals surface area contributed by atoms with Gasteiger partial charge >= 0.3 is 0 Å². The molecule has 2 heteroatoms. The van der Waals surface area contributed by atoms with Crippen LogP contribution in [0.4, 0.5) is 0 Å². The fraction of sp³-hybridized carbons (Fsp3) is 0. The first-order chi connectivity index (χ1) is 5.34. The number of pyridine rings is 1. The molecule has 0 atom stereocenters. The van der Waals surface area contributed by atoms with Crippen molar-refractivity contribution in [2.45, 2.75) is 0 Å². The van der Waals surface area contributed by atoms with Crippen LogP contribution in [0.2, 0.25) is 0 Å². The third kappa shape index (κ3) is 2.24. The highest BCUT2D eigenvalue weighted by Crippen LogP contribution is 2.24. The van der Waals surface area contributed by atoms with Gasteiger partial charge in [0.15, 0.2) is 0 Å². The third-order valence-electron chi connectivity index (χ3n) is 1.21. The van der Waals surface area contributed by atoms with E-state index >= 15 is 0 Å². The van der Waals surface area contributed by atoms with Crippen molar-refractivity contribution < 1.29 is 0 Å². The maximum absolute atomic E-state index is 3.98. The van der Waals surface area contributed by atoms with Crippen LogP contribution in [0.3, 0.4) is 0 Å². The lowest BCUT2D eigenvalue weighted by atomic mass is 10.3. The van der Waals surface area contributed by atoms with E-state index < -0.39 is 0 Å². The van der Waals surface area contributed by atoms with Gasteiger partial charge < -0.3 is 0 Å².